The first kappa shape index (κ1) is 21.7. The molecule has 3 aromatic rings. The minimum absolute atomic E-state index is 0.0410. The molecule has 0 radical (unpaired) electrons. The second kappa shape index (κ2) is 9.02. The first-order chi connectivity index (χ1) is 16.0. The number of rotatable bonds is 7. The highest BCUT2D eigenvalue weighted by molar-refractivity contribution is 5.99. The van der Waals surface area contributed by atoms with Gasteiger partial charge >= 0.3 is 0 Å². The zero-order valence-corrected chi connectivity index (χ0v) is 19.1. The minimum Gasteiger partial charge on any atom is -0.494 e. The Hall–Kier alpha value is -3.12. The van der Waals surface area contributed by atoms with E-state index < -0.39 is 6.04 Å². The van der Waals surface area contributed by atoms with Crippen LogP contribution in [-0.4, -0.2) is 36.7 Å². The van der Waals surface area contributed by atoms with Crippen molar-refractivity contribution in [3.05, 3.63) is 75.6 Å². The smallest absolute Gasteiger partial charge is 0.291 e. The van der Waals surface area contributed by atoms with E-state index >= 15 is 0 Å². The van der Waals surface area contributed by atoms with Crippen molar-refractivity contribution in [1.82, 2.24) is 4.90 Å². The molecule has 0 N–H and O–H groups in total. The van der Waals surface area contributed by atoms with Gasteiger partial charge in [-0.1, -0.05) is 38.1 Å². The lowest BCUT2D eigenvalue weighted by atomic mass is 9.98. The van der Waals surface area contributed by atoms with E-state index in [1.807, 2.05) is 30.3 Å². The van der Waals surface area contributed by atoms with E-state index in [2.05, 4.69) is 13.8 Å². The minimum atomic E-state index is -0.536. The molecule has 1 amide bonds. The predicted molar refractivity (Wildman–Crippen MR) is 126 cm³/mol. The van der Waals surface area contributed by atoms with Crippen LogP contribution in [0.5, 0.6) is 5.75 Å². The quantitative estimate of drug-likeness (QED) is 0.513. The SMILES string of the molecule is CC(C)CCOc1cccc([C@@H]2c3c(oc4ccccc4c3=O)C(=O)N2C[C@H]2CCCO2)c1. The van der Waals surface area contributed by atoms with Crippen LogP contribution in [0.2, 0.25) is 0 Å². The topological polar surface area (TPSA) is 69.0 Å². The summed E-state index contributed by atoms with van der Waals surface area (Å²) in [4.78, 5) is 28.8. The second-order valence-electron chi connectivity index (χ2n) is 9.27. The van der Waals surface area contributed by atoms with E-state index in [1.54, 1.807) is 23.1 Å². The number of para-hydroxylation sites is 1. The molecule has 2 aliphatic rings. The molecule has 5 rings (SSSR count). The Morgan fingerprint density at radius 2 is 1.97 bits per heavy atom. The van der Waals surface area contributed by atoms with Crippen molar-refractivity contribution in [2.75, 3.05) is 19.8 Å². The van der Waals surface area contributed by atoms with Crippen molar-refractivity contribution in [1.29, 1.82) is 0 Å². The average Bonchev–Trinajstić information content (AvgIpc) is 3.41. The van der Waals surface area contributed by atoms with Gasteiger partial charge in [0.1, 0.15) is 11.3 Å². The van der Waals surface area contributed by atoms with Gasteiger partial charge in [0.25, 0.3) is 5.91 Å². The maximum atomic E-state index is 13.6. The Morgan fingerprint density at radius 1 is 1.12 bits per heavy atom. The predicted octanol–water partition coefficient (Wildman–Crippen LogP) is 4.94. The van der Waals surface area contributed by atoms with Crippen molar-refractivity contribution >= 4 is 16.9 Å². The molecule has 6 heteroatoms. The number of hydrogen-bond acceptors (Lipinski definition) is 5. The van der Waals surface area contributed by atoms with Crippen LogP contribution in [0.15, 0.2) is 57.7 Å². The molecule has 1 saturated heterocycles. The fourth-order valence-corrected chi connectivity index (χ4v) is 4.70. The van der Waals surface area contributed by atoms with Crippen LogP contribution in [0.4, 0.5) is 0 Å². The summed E-state index contributed by atoms with van der Waals surface area (Å²) >= 11 is 0. The van der Waals surface area contributed by atoms with E-state index in [-0.39, 0.29) is 23.2 Å². The van der Waals surface area contributed by atoms with E-state index in [1.165, 1.54) is 0 Å². The molecule has 0 aliphatic carbocycles. The van der Waals surface area contributed by atoms with Gasteiger partial charge in [-0.3, -0.25) is 9.59 Å². The number of amides is 1. The molecule has 0 bridgehead atoms. The van der Waals surface area contributed by atoms with Gasteiger partial charge in [-0.2, -0.15) is 0 Å². The molecule has 3 heterocycles. The van der Waals surface area contributed by atoms with E-state index in [0.29, 0.717) is 42.2 Å². The van der Waals surface area contributed by atoms with Crippen molar-refractivity contribution in [3.8, 4) is 5.75 Å². The molecular formula is C27H29NO5. The number of benzene rings is 2. The molecule has 0 unspecified atom stereocenters. The molecule has 0 saturated carbocycles. The average molecular weight is 448 g/mol. The van der Waals surface area contributed by atoms with Gasteiger partial charge in [-0.25, -0.2) is 0 Å². The van der Waals surface area contributed by atoms with Crippen molar-refractivity contribution in [2.45, 2.75) is 45.3 Å². The maximum absolute atomic E-state index is 13.6. The number of fused-ring (bicyclic) bond motifs is 2. The van der Waals surface area contributed by atoms with Crippen LogP contribution in [0.1, 0.15) is 60.8 Å². The first-order valence-corrected chi connectivity index (χ1v) is 11.7. The summed E-state index contributed by atoms with van der Waals surface area (Å²) in [7, 11) is 0. The van der Waals surface area contributed by atoms with Gasteiger partial charge in [0, 0.05) is 13.2 Å². The van der Waals surface area contributed by atoms with Crippen molar-refractivity contribution in [3.63, 3.8) is 0 Å². The summed E-state index contributed by atoms with van der Waals surface area (Å²) in [5.41, 5.74) is 1.50. The number of nitrogens with zero attached hydrogens (tertiary/aromatic N) is 1. The second-order valence-corrected chi connectivity index (χ2v) is 9.27. The van der Waals surface area contributed by atoms with Crippen molar-refractivity contribution < 1.29 is 18.7 Å². The van der Waals surface area contributed by atoms with Gasteiger partial charge in [0.15, 0.2) is 5.43 Å². The zero-order chi connectivity index (χ0) is 22.9. The fourth-order valence-electron chi connectivity index (χ4n) is 4.70. The summed E-state index contributed by atoms with van der Waals surface area (Å²) in [6.45, 7) is 6.06. The number of carbonyl (C=O) groups excluding carboxylic acids is 1. The summed E-state index contributed by atoms with van der Waals surface area (Å²) in [5, 5.41) is 0.484. The first-order valence-electron chi connectivity index (χ1n) is 11.7. The van der Waals surface area contributed by atoms with Crippen LogP contribution in [0.3, 0.4) is 0 Å². The molecule has 1 aromatic heterocycles. The monoisotopic (exact) mass is 447 g/mol. The van der Waals surface area contributed by atoms with Gasteiger partial charge in [0.05, 0.1) is 29.7 Å². The Labute approximate surface area is 193 Å². The number of carbonyl (C=O) groups is 1. The molecular weight excluding hydrogens is 418 g/mol. The summed E-state index contributed by atoms with van der Waals surface area (Å²) in [6.07, 6.45) is 2.79. The Morgan fingerprint density at radius 3 is 2.76 bits per heavy atom. The molecule has 2 aliphatic heterocycles. The third kappa shape index (κ3) is 4.15. The van der Waals surface area contributed by atoms with Gasteiger partial charge in [-0.15, -0.1) is 0 Å². The van der Waals surface area contributed by atoms with E-state index in [9.17, 15) is 9.59 Å². The molecule has 33 heavy (non-hydrogen) atoms. The van der Waals surface area contributed by atoms with E-state index in [0.717, 1.165) is 30.6 Å². The Balaban J connectivity index is 1.58. The van der Waals surface area contributed by atoms with Crippen LogP contribution in [-0.2, 0) is 4.74 Å². The largest absolute Gasteiger partial charge is 0.494 e. The Bertz CT molecular complexity index is 1220. The summed E-state index contributed by atoms with van der Waals surface area (Å²) < 4.78 is 17.8. The zero-order valence-electron chi connectivity index (χ0n) is 19.1. The van der Waals surface area contributed by atoms with Crippen LogP contribution in [0, 0.1) is 5.92 Å². The van der Waals surface area contributed by atoms with Gasteiger partial charge in [-0.05, 0) is 55.0 Å². The molecule has 6 nitrogen and oxygen atoms in total. The van der Waals surface area contributed by atoms with Crippen LogP contribution in [0.25, 0.3) is 11.0 Å². The maximum Gasteiger partial charge on any atom is 0.291 e. The molecule has 2 atom stereocenters. The fraction of sp³-hybridized carbons (Fsp3) is 0.407. The van der Waals surface area contributed by atoms with Gasteiger partial charge < -0.3 is 18.8 Å². The lowest BCUT2D eigenvalue weighted by molar-refractivity contribution is 0.0486. The molecule has 1 fully saturated rings. The van der Waals surface area contributed by atoms with Crippen LogP contribution >= 0.6 is 0 Å². The third-order valence-electron chi connectivity index (χ3n) is 6.44. The summed E-state index contributed by atoms with van der Waals surface area (Å²) in [6, 6.07) is 14.3. The lowest BCUT2D eigenvalue weighted by Gasteiger charge is -2.27. The normalized spacial score (nSPS) is 20.1. The molecule has 2 aromatic carbocycles. The lowest BCUT2D eigenvalue weighted by Crippen LogP contribution is -2.36. The Kier molecular flexibility index (Phi) is 5.94. The highest BCUT2D eigenvalue weighted by Crippen LogP contribution is 2.39. The highest BCUT2D eigenvalue weighted by atomic mass is 16.5. The molecule has 0 spiro atoms. The third-order valence-corrected chi connectivity index (χ3v) is 6.44. The van der Waals surface area contributed by atoms with E-state index in [4.69, 9.17) is 13.9 Å². The number of hydrogen-bond donors (Lipinski definition) is 0. The van der Waals surface area contributed by atoms with Gasteiger partial charge in [0.2, 0.25) is 5.76 Å². The summed E-state index contributed by atoms with van der Waals surface area (Å²) in [5.74, 6) is 1.15. The number of ether oxygens (including phenoxy) is 2. The molecule has 172 valence electrons. The van der Waals surface area contributed by atoms with Crippen LogP contribution < -0.4 is 10.2 Å². The van der Waals surface area contributed by atoms with Crippen molar-refractivity contribution in [2.24, 2.45) is 5.92 Å². The standard InChI is InChI=1S/C27H29NO5/c1-17(2)12-14-32-19-8-5-7-18(15-19)24-23-25(29)21-10-3-4-11-22(21)33-26(23)27(30)28(24)16-20-9-6-13-31-20/h3-5,7-8,10-11,15,17,20,24H,6,9,12-14,16H2,1-2H3/t20-,24-/m1/s1. The highest BCUT2D eigenvalue weighted by Gasteiger charge is 2.44.